The lowest BCUT2D eigenvalue weighted by Gasteiger charge is -2.40. The Morgan fingerprint density at radius 2 is 2.43 bits per heavy atom. The van der Waals surface area contributed by atoms with Gasteiger partial charge in [-0.3, -0.25) is 0 Å². The Morgan fingerprint density at radius 1 is 1.64 bits per heavy atom. The summed E-state index contributed by atoms with van der Waals surface area (Å²) in [6, 6.07) is 0. The lowest BCUT2D eigenvalue weighted by Crippen LogP contribution is -2.48. The number of aryl methyl sites for hydroxylation is 1. The molecule has 0 aromatic carbocycles. The summed E-state index contributed by atoms with van der Waals surface area (Å²) in [7, 11) is 0. The van der Waals surface area contributed by atoms with Gasteiger partial charge in [0.15, 0.2) is 0 Å². The van der Waals surface area contributed by atoms with E-state index in [1.165, 1.54) is 0 Å². The van der Waals surface area contributed by atoms with Crippen LogP contribution in [0.4, 0.5) is 0 Å². The minimum Gasteiger partial charge on any atom is -0.406 e. The van der Waals surface area contributed by atoms with Gasteiger partial charge in [0.2, 0.25) is 0 Å². The number of nitrogens with zero attached hydrogens (tertiary/aromatic N) is 2. The zero-order chi connectivity index (χ0) is 10.2. The standard InChI is InChI=1S/C11H18N2O/c1-4-11(9(2)3)6-5-10-12-7-8-13(10)14-11/h7-9H,4-6H2,1-3H3. The van der Waals surface area contributed by atoms with Crippen molar-refractivity contribution in [2.75, 3.05) is 0 Å². The minimum absolute atomic E-state index is 0.00764. The Labute approximate surface area is 85.1 Å². The van der Waals surface area contributed by atoms with E-state index in [-0.39, 0.29) is 5.60 Å². The maximum atomic E-state index is 6.02. The first-order valence-corrected chi connectivity index (χ1v) is 5.39. The second-order valence-electron chi connectivity index (χ2n) is 4.33. The van der Waals surface area contributed by atoms with Gasteiger partial charge in [-0.2, -0.15) is 4.73 Å². The molecule has 3 nitrogen and oxygen atoms in total. The molecular weight excluding hydrogens is 176 g/mol. The van der Waals surface area contributed by atoms with E-state index >= 15 is 0 Å². The van der Waals surface area contributed by atoms with Crippen molar-refractivity contribution >= 4 is 0 Å². The molecule has 0 amide bonds. The highest BCUT2D eigenvalue weighted by atomic mass is 16.7. The van der Waals surface area contributed by atoms with Crippen LogP contribution >= 0.6 is 0 Å². The number of hydrogen-bond donors (Lipinski definition) is 0. The molecule has 2 rings (SSSR count). The fraction of sp³-hybridized carbons (Fsp3) is 0.727. The Bertz CT molecular complexity index is 319. The van der Waals surface area contributed by atoms with Crippen LogP contribution in [0.5, 0.6) is 0 Å². The average Bonchev–Trinajstić information content (AvgIpc) is 2.63. The van der Waals surface area contributed by atoms with Crippen LogP contribution in [-0.4, -0.2) is 15.3 Å². The highest BCUT2D eigenvalue weighted by Gasteiger charge is 2.38. The van der Waals surface area contributed by atoms with Gasteiger partial charge in [0.1, 0.15) is 11.4 Å². The molecule has 3 heteroatoms. The molecule has 1 atom stereocenters. The fourth-order valence-corrected chi connectivity index (χ4v) is 2.19. The van der Waals surface area contributed by atoms with Crippen LogP contribution in [0, 0.1) is 5.92 Å². The van der Waals surface area contributed by atoms with E-state index in [0.717, 1.165) is 25.1 Å². The number of rotatable bonds is 2. The second kappa shape index (κ2) is 3.30. The maximum absolute atomic E-state index is 6.02. The molecule has 0 N–H and O–H groups in total. The third-order valence-corrected chi connectivity index (χ3v) is 3.38. The van der Waals surface area contributed by atoms with Crippen molar-refractivity contribution in [1.29, 1.82) is 0 Å². The molecule has 0 saturated carbocycles. The van der Waals surface area contributed by atoms with Crippen LogP contribution in [0.25, 0.3) is 0 Å². The van der Waals surface area contributed by atoms with E-state index < -0.39 is 0 Å². The molecule has 1 aliphatic rings. The molecule has 1 aliphatic heterocycles. The lowest BCUT2D eigenvalue weighted by molar-refractivity contribution is -0.112. The van der Waals surface area contributed by atoms with Crippen molar-refractivity contribution in [2.24, 2.45) is 5.92 Å². The predicted octanol–water partition coefficient (Wildman–Crippen LogP) is 2.06. The zero-order valence-electron chi connectivity index (χ0n) is 9.16. The van der Waals surface area contributed by atoms with E-state index in [1.54, 1.807) is 6.20 Å². The molecule has 0 radical (unpaired) electrons. The topological polar surface area (TPSA) is 27.1 Å². The average molecular weight is 194 g/mol. The molecule has 1 unspecified atom stereocenters. The molecule has 2 heterocycles. The first-order valence-electron chi connectivity index (χ1n) is 5.39. The number of aromatic nitrogens is 2. The SMILES string of the molecule is CCC1(C(C)C)CCc2nccn2O1. The molecular formula is C11H18N2O. The van der Waals surface area contributed by atoms with Crippen LogP contribution < -0.4 is 4.84 Å². The maximum Gasteiger partial charge on any atom is 0.144 e. The number of fused-ring (bicyclic) bond motifs is 1. The van der Waals surface area contributed by atoms with Gasteiger partial charge in [-0.25, -0.2) is 4.98 Å². The normalized spacial score (nSPS) is 26.0. The van der Waals surface area contributed by atoms with Crippen LogP contribution in [0.15, 0.2) is 12.4 Å². The summed E-state index contributed by atoms with van der Waals surface area (Å²) >= 11 is 0. The van der Waals surface area contributed by atoms with Gasteiger partial charge < -0.3 is 4.84 Å². The third kappa shape index (κ3) is 1.31. The Morgan fingerprint density at radius 3 is 3.07 bits per heavy atom. The van der Waals surface area contributed by atoms with Crippen LogP contribution in [-0.2, 0) is 6.42 Å². The van der Waals surface area contributed by atoms with Crippen molar-refractivity contribution in [1.82, 2.24) is 9.71 Å². The van der Waals surface area contributed by atoms with Gasteiger partial charge in [0.05, 0.1) is 6.20 Å². The molecule has 0 aliphatic carbocycles. The van der Waals surface area contributed by atoms with Crippen LogP contribution in [0.3, 0.4) is 0 Å². The summed E-state index contributed by atoms with van der Waals surface area (Å²) in [5.41, 5.74) is 0.00764. The molecule has 0 fully saturated rings. The monoisotopic (exact) mass is 194 g/mol. The largest absolute Gasteiger partial charge is 0.406 e. The number of imidazole rings is 1. The highest BCUT2D eigenvalue weighted by molar-refractivity contribution is 4.98. The van der Waals surface area contributed by atoms with E-state index in [4.69, 9.17) is 4.84 Å². The van der Waals surface area contributed by atoms with E-state index in [2.05, 4.69) is 25.8 Å². The summed E-state index contributed by atoms with van der Waals surface area (Å²) in [6.07, 6.45) is 6.88. The Hall–Kier alpha value is -0.990. The summed E-state index contributed by atoms with van der Waals surface area (Å²) < 4.78 is 1.84. The van der Waals surface area contributed by atoms with Crippen molar-refractivity contribution < 1.29 is 4.84 Å². The molecule has 1 aromatic heterocycles. The van der Waals surface area contributed by atoms with E-state index in [9.17, 15) is 0 Å². The zero-order valence-corrected chi connectivity index (χ0v) is 9.16. The summed E-state index contributed by atoms with van der Waals surface area (Å²) in [6.45, 7) is 6.65. The molecule has 14 heavy (non-hydrogen) atoms. The fourth-order valence-electron chi connectivity index (χ4n) is 2.19. The van der Waals surface area contributed by atoms with Crippen LogP contribution in [0.1, 0.15) is 39.4 Å². The van der Waals surface area contributed by atoms with Crippen LogP contribution in [0.2, 0.25) is 0 Å². The van der Waals surface area contributed by atoms with Crippen molar-refractivity contribution in [3.05, 3.63) is 18.2 Å². The Balaban J connectivity index is 2.27. The van der Waals surface area contributed by atoms with E-state index in [0.29, 0.717) is 5.92 Å². The highest BCUT2D eigenvalue weighted by Crippen LogP contribution is 2.31. The first kappa shape index (κ1) is 9.56. The molecule has 0 saturated heterocycles. The minimum atomic E-state index is 0.00764. The van der Waals surface area contributed by atoms with E-state index in [1.807, 2.05) is 10.9 Å². The summed E-state index contributed by atoms with van der Waals surface area (Å²) in [4.78, 5) is 10.3. The molecule has 1 aromatic rings. The van der Waals surface area contributed by atoms with Gasteiger partial charge in [-0.1, -0.05) is 20.8 Å². The van der Waals surface area contributed by atoms with Crippen molar-refractivity contribution in [3.8, 4) is 0 Å². The summed E-state index contributed by atoms with van der Waals surface area (Å²) in [5.74, 6) is 1.60. The van der Waals surface area contributed by atoms with Crippen molar-refractivity contribution in [3.63, 3.8) is 0 Å². The smallest absolute Gasteiger partial charge is 0.144 e. The quantitative estimate of drug-likeness (QED) is 0.720. The van der Waals surface area contributed by atoms with Gasteiger partial charge in [-0.15, -0.1) is 0 Å². The first-order chi connectivity index (χ1) is 6.68. The van der Waals surface area contributed by atoms with Gasteiger partial charge >= 0.3 is 0 Å². The third-order valence-electron chi connectivity index (χ3n) is 3.38. The Kier molecular flexibility index (Phi) is 2.25. The second-order valence-corrected chi connectivity index (χ2v) is 4.33. The predicted molar refractivity (Wildman–Crippen MR) is 55.0 cm³/mol. The molecule has 78 valence electrons. The lowest BCUT2D eigenvalue weighted by atomic mass is 9.83. The van der Waals surface area contributed by atoms with Gasteiger partial charge in [-0.05, 0) is 18.8 Å². The van der Waals surface area contributed by atoms with Gasteiger partial charge in [0, 0.05) is 12.6 Å². The number of hydrogen-bond acceptors (Lipinski definition) is 2. The van der Waals surface area contributed by atoms with Crippen molar-refractivity contribution in [2.45, 2.75) is 45.6 Å². The molecule has 0 spiro atoms. The molecule has 0 bridgehead atoms. The summed E-state index contributed by atoms with van der Waals surface area (Å²) in [5, 5.41) is 0. The van der Waals surface area contributed by atoms with Gasteiger partial charge in [0.25, 0.3) is 0 Å².